The molecule has 7 heteroatoms. The molecular weight excluding hydrogens is 330 g/mol. The van der Waals surface area contributed by atoms with Crippen LogP contribution in [0.2, 0.25) is 0 Å². The number of hydrogen-bond donors (Lipinski definition) is 0. The summed E-state index contributed by atoms with van der Waals surface area (Å²) in [6.45, 7) is 1.19. The molecule has 0 saturated heterocycles. The molecule has 1 amide bonds. The molecule has 0 saturated carbocycles. The molecule has 7 nitrogen and oxygen atoms in total. The van der Waals surface area contributed by atoms with E-state index >= 15 is 0 Å². The van der Waals surface area contributed by atoms with Crippen LogP contribution in [-0.4, -0.2) is 46.6 Å². The molecule has 0 spiro atoms. The van der Waals surface area contributed by atoms with Crippen LogP contribution in [0, 0.1) is 0 Å². The lowest BCUT2D eigenvalue weighted by molar-refractivity contribution is 0.0733. The predicted octanol–water partition coefficient (Wildman–Crippen LogP) is 2.40. The van der Waals surface area contributed by atoms with Crippen molar-refractivity contribution in [3.8, 4) is 11.3 Å². The fourth-order valence-corrected chi connectivity index (χ4v) is 3.03. The number of aromatic nitrogens is 3. The Bertz CT molecular complexity index is 920. The summed E-state index contributed by atoms with van der Waals surface area (Å²) >= 11 is 0. The Morgan fingerprint density at radius 1 is 1.19 bits per heavy atom. The molecule has 0 atom stereocenters. The molecule has 0 fully saturated rings. The van der Waals surface area contributed by atoms with E-state index in [2.05, 4.69) is 15.2 Å². The van der Waals surface area contributed by atoms with Crippen molar-refractivity contribution in [3.63, 3.8) is 0 Å². The van der Waals surface area contributed by atoms with Gasteiger partial charge in [0.15, 0.2) is 18.0 Å². The van der Waals surface area contributed by atoms with Gasteiger partial charge in [-0.15, -0.1) is 5.10 Å². The normalized spacial score (nSPS) is 13.4. The van der Waals surface area contributed by atoms with E-state index in [1.165, 1.54) is 6.39 Å². The van der Waals surface area contributed by atoms with Gasteiger partial charge in [-0.25, -0.2) is 4.98 Å². The van der Waals surface area contributed by atoms with Crippen LogP contribution in [0.5, 0.6) is 0 Å². The van der Waals surface area contributed by atoms with Crippen LogP contribution in [0.15, 0.2) is 47.3 Å². The number of anilines is 1. The molecule has 0 bridgehead atoms. The molecule has 26 heavy (non-hydrogen) atoms. The van der Waals surface area contributed by atoms with Gasteiger partial charge < -0.3 is 14.2 Å². The number of carbonyl (C=O) groups excluding carboxylic acids is 1. The van der Waals surface area contributed by atoms with Crippen LogP contribution in [0.3, 0.4) is 0 Å². The van der Waals surface area contributed by atoms with E-state index in [-0.39, 0.29) is 5.91 Å². The van der Waals surface area contributed by atoms with Gasteiger partial charge in [0.05, 0.1) is 11.9 Å². The molecule has 1 aliphatic rings. The molecule has 0 radical (unpaired) electrons. The highest BCUT2D eigenvalue weighted by molar-refractivity contribution is 5.94. The highest BCUT2D eigenvalue weighted by atomic mass is 16.3. The van der Waals surface area contributed by atoms with Gasteiger partial charge in [0.2, 0.25) is 0 Å². The topological polar surface area (TPSA) is 75.4 Å². The van der Waals surface area contributed by atoms with Gasteiger partial charge in [-0.05, 0) is 23.8 Å². The van der Waals surface area contributed by atoms with Crippen LogP contribution in [0.4, 0.5) is 5.82 Å². The zero-order chi connectivity index (χ0) is 18.1. The first-order valence-electron chi connectivity index (χ1n) is 8.43. The summed E-state index contributed by atoms with van der Waals surface area (Å²) in [7, 11) is 3.86. The van der Waals surface area contributed by atoms with E-state index in [0.29, 0.717) is 24.4 Å². The Hall–Kier alpha value is -3.22. The van der Waals surface area contributed by atoms with E-state index in [9.17, 15) is 4.79 Å². The van der Waals surface area contributed by atoms with Crippen LogP contribution in [0.25, 0.3) is 11.3 Å². The summed E-state index contributed by atoms with van der Waals surface area (Å²) in [6, 6.07) is 9.41. The Labute approximate surface area is 151 Å². The maximum Gasteiger partial charge on any atom is 0.254 e. The first-order chi connectivity index (χ1) is 12.6. The van der Waals surface area contributed by atoms with Gasteiger partial charge in [0.25, 0.3) is 5.91 Å². The van der Waals surface area contributed by atoms with Gasteiger partial charge in [-0.3, -0.25) is 4.79 Å². The van der Waals surface area contributed by atoms with Crippen LogP contribution in [-0.2, 0) is 13.0 Å². The third-order valence-corrected chi connectivity index (χ3v) is 4.52. The Morgan fingerprint density at radius 2 is 2.00 bits per heavy atom. The fraction of sp³-hybridized carbons (Fsp3) is 0.263. The fourth-order valence-electron chi connectivity index (χ4n) is 3.03. The van der Waals surface area contributed by atoms with Crippen molar-refractivity contribution in [1.82, 2.24) is 20.1 Å². The summed E-state index contributed by atoms with van der Waals surface area (Å²) in [5.74, 6) is 1.50. The molecule has 4 rings (SSSR count). The van der Waals surface area contributed by atoms with Crippen LogP contribution < -0.4 is 4.90 Å². The summed E-state index contributed by atoms with van der Waals surface area (Å²) in [5.41, 5.74) is 3.59. The number of oxazole rings is 1. The maximum atomic E-state index is 12.9. The molecule has 3 aromatic rings. The number of hydrogen-bond acceptors (Lipinski definition) is 6. The van der Waals surface area contributed by atoms with Crippen molar-refractivity contribution in [2.45, 2.75) is 13.0 Å². The van der Waals surface area contributed by atoms with Gasteiger partial charge in [0.1, 0.15) is 0 Å². The maximum absolute atomic E-state index is 12.9. The lowest BCUT2D eigenvalue weighted by Crippen LogP contribution is -2.36. The number of rotatable bonds is 3. The zero-order valence-corrected chi connectivity index (χ0v) is 14.7. The number of amides is 1. The SMILES string of the molecule is CN(C)c1cc2c(nn1)CCN(C(=O)c1ccc(-c3cnco3)cc1)C2. The summed E-state index contributed by atoms with van der Waals surface area (Å²) in [4.78, 5) is 20.6. The van der Waals surface area contributed by atoms with Gasteiger partial charge >= 0.3 is 0 Å². The molecule has 2 aromatic heterocycles. The molecule has 1 aromatic carbocycles. The molecule has 1 aliphatic heterocycles. The number of fused-ring (bicyclic) bond motifs is 1. The molecular formula is C19H19N5O2. The monoisotopic (exact) mass is 349 g/mol. The van der Waals surface area contributed by atoms with Crippen molar-refractivity contribution in [3.05, 3.63) is 59.7 Å². The van der Waals surface area contributed by atoms with Crippen molar-refractivity contribution in [1.29, 1.82) is 0 Å². The minimum atomic E-state index is 0.0167. The zero-order valence-electron chi connectivity index (χ0n) is 14.7. The Morgan fingerprint density at radius 3 is 2.69 bits per heavy atom. The van der Waals surface area contributed by atoms with Crippen LogP contribution >= 0.6 is 0 Å². The second-order valence-electron chi connectivity index (χ2n) is 6.49. The smallest absolute Gasteiger partial charge is 0.254 e. The number of carbonyl (C=O) groups is 1. The van der Waals surface area contributed by atoms with E-state index in [1.807, 2.05) is 54.2 Å². The van der Waals surface area contributed by atoms with E-state index in [1.54, 1.807) is 6.20 Å². The summed E-state index contributed by atoms with van der Waals surface area (Å²) < 4.78 is 5.28. The minimum Gasteiger partial charge on any atom is -0.444 e. The first kappa shape index (κ1) is 16.3. The second-order valence-corrected chi connectivity index (χ2v) is 6.49. The average Bonchev–Trinajstić information content (AvgIpc) is 3.21. The quantitative estimate of drug-likeness (QED) is 0.723. The first-order valence-corrected chi connectivity index (χ1v) is 8.43. The number of benzene rings is 1. The Kier molecular flexibility index (Phi) is 4.12. The summed E-state index contributed by atoms with van der Waals surface area (Å²) in [5, 5.41) is 8.51. The predicted molar refractivity (Wildman–Crippen MR) is 96.7 cm³/mol. The van der Waals surface area contributed by atoms with E-state index < -0.39 is 0 Å². The van der Waals surface area contributed by atoms with Crippen molar-refractivity contribution in [2.75, 3.05) is 25.5 Å². The molecule has 132 valence electrons. The van der Waals surface area contributed by atoms with Gasteiger partial charge in [0, 0.05) is 44.7 Å². The van der Waals surface area contributed by atoms with E-state index in [0.717, 1.165) is 29.1 Å². The van der Waals surface area contributed by atoms with E-state index in [4.69, 9.17) is 4.42 Å². The van der Waals surface area contributed by atoms with Crippen LogP contribution in [0.1, 0.15) is 21.6 Å². The third kappa shape index (κ3) is 3.03. The second kappa shape index (κ2) is 6.59. The highest BCUT2D eigenvalue weighted by Crippen LogP contribution is 2.23. The lowest BCUT2D eigenvalue weighted by atomic mass is 10.0. The summed E-state index contributed by atoms with van der Waals surface area (Å²) in [6.07, 6.45) is 3.77. The minimum absolute atomic E-state index is 0.0167. The largest absolute Gasteiger partial charge is 0.444 e. The van der Waals surface area contributed by atoms with Gasteiger partial charge in [-0.2, -0.15) is 5.10 Å². The van der Waals surface area contributed by atoms with Crippen molar-refractivity contribution in [2.24, 2.45) is 0 Å². The Balaban J connectivity index is 1.53. The molecule has 0 unspecified atom stereocenters. The third-order valence-electron chi connectivity index (χ3n) is 4.52. The van der Waals surface area contributed by atoms with Crippen molar-refractivity contribution < 1.29 is 9.21 Å². The highest BCUT2D eigenvalue weighted by Gasteiger charge is 2.23. The molecule has 3 heterocycles. The lowest BCUT2D eigenvalue weighted by Gasteiger charge is -2.28. The number of nitrogens with zero attached hydrogens (tertiary/aromatic N) is 5. The van der Waals surface area contributed by atoms with Gasteiger partial charge in [-0.1, -0.05) is 12.1 Å². The standard InChI is InChI=1S/C19H19N5O2/c1-23(2)18-9-15-11-24(8-7-16(15)21-22-18)19(25)14-5-3-13(4-6-14)17-10-20-12-26-17/h3-6,9-10,12H,7-8,11H2,1-2H3. The average molecular weight is 349 g/mol. The van der Waals surface area contributed by atoms with Crippen molar-refractivity contribution >= 4 is 11.7 Å². The molecule has 0 N–H and O–H groups in total. The molecule has 0 aliphatic carbocycles.